The predicted molar refractivity (Wildman–Crippen MR) is 99.7 cm³/mol. The summed E-state index contributed by atoms with van der Waals surface area (Å²) in [5, 5.41) is 6.20. The molecule has 0 aliphatic rings. The van der Waals surface area contributed by atoms with Crippen molar-refractivity contribution in [3.8, 4) is 0 Å². The van der Waals surface area contributed by atoms with Crippen molar-refractivity contribution in [2.24, 2.45) is 0 Å². The first-order chi connectivity index (χ1) is 12.3. The lowest BCUT2D eigenvalue weighted by molar-refractivity contribution is -0.862. The number of rotatable bonds is 7. The van der Waals surface area contributed by atoms with Crippen molar-refractivity contribution in [3.63, 3.8) is 0 Å². The summed E-state index contributed by atoms with van der Waals surface area (Å²) in [6, 6.07) is 12.6. The lowest BCUT2D eigenvalue weighted by Crippen LogP contribution is -3.11. The van der Waals surface area contributed by atoms with Crippen molar-refractivity contribution in [2.45, 2.75) is 13.0 Å². The highest BCUT2D eigenvalue weighted by atomic mass is 35.5. The average Bonchev–Trinajstić information content (AvgIpc) is 2.57. The normalized spacial score (nSPS) is 12.9. The first-order valence-electron chi connectivity index (χ1n) is 8.25. The van der Waals surface area contributed by atoms with Crippen molar-refractivity contribution in [2.75, 3.05) is 25.5 Å². The quantitative estimate of drug-likeness (QED) is 0.688. The van der Waals surface area contributed by atoms with Gasteiger partial charge in [-0.3, -0.25) is 9.59 Å². The third-order valence-electron chi connectivity index (χ3n) is 3.80. The van der Waals surface area contributed by atoms with Gasteiger partial charge >= 0.3 is 0 Å². The van der Waals surface area contributed by atoms with Gasteiger partial charge in [-0.2, -0.15) is 0 Å². The number of quaternary nitrogens is 1. The van der Waals surface area contributed by atoms with Crippen molar-refractivity contribution in [1.82, 2.24) is 5.32 Å². The minimum Gasteiger partial charge on any atom is -0.345 e. The molecule has 0 fully saturated rings. The van der Waals surface area contributed by atoms with Gasteiger partial charge in [0.1, 0.15) is 5.82 Å². The Morgan fingerprint density at radius 3 is 2.23 bits per heavy atom. The van der Waals surface area contributed by atoms with Crippen molar-refractivity contribution < 1.29 is 18.9 Å². The maximum absolute atomic E-state index is 12.9. The van der Waals surface area contributed by atoms with Crippen LogP contribution in [0.2, 0.25) is 5.02 Å². The molecule has 2 aromatic rings. The van der Waals surface area contributed by atoms with E-state index in [1.807, 2.05) is 6.92 Å². The van der Waals surface area contributed by atoms with Gasteiger partial charge in [0.25, 0.3) is 11.8 Å². The zero-order chi connectivity index (χ0) is 19.1. The maximum Gasteiger partial charge on any atom is 0.279 e. The number of amides is 2. The van der Waals surface area contributed by atoms with E-state index in [4.69, 9.17) is 11.6 Å². The van der Waals surface area contributed by atoms with Crippen LogP contribution in [0, 0.1) is 5.82 Å². The van der Waals surface area contributed by atoms with Crippen molar-refractivity contribution in [1.29, 1.82) is 0 Å². The number of benzene rings is 2. The summed E-state index contributed by atoms with van der Waals surface area (Å²) in [5.74, 6) is -0.689. The fourth-order valence-corrected chi connectivity index (χ4v) is 2.60. The van der Waals surface area contributed by atoms with Crippen molar-refractivity contribution >= 4 is 29.1 Å². The molecule has 0 aliphatic carbocycles. The van der Waals surface area contributed by atoms with E-state index < -0.39 is 0 Å². The Balaban J connectivity index is 1.78. The van der Waals surface area contributed by atoms with Crippen LogP contribution in [-0.2, 0) is 9.59 Å². The van der Waals surface area contributed by atoms with Crippen LogP contribution in [0.1, 0.15) is 18.5 Å². The average molecular weight is 379 g/mol. The molecule has 0 saturated heterocycles. The second kappa shape index (κ2) is 9.31. The van der Waals surface area contributed by atoms with Crippen LogP contribution in [0.25, 0.3) is 0 Å². The molecule has 7 heteroatoms. The molecule has 0 aromatic heterocycles. The first-order valence-corrected chi connectivity index (χ1v) is 8.63. The second-order valence-electron chi connectivity index (χ2n) is 6.21. The van der Waals surface area contributed by atoms with E-state index in [-0.39, 0.29) is 36.8 Å². The minimum atomic E-state index is -0.317. The molecule has 2 atom stereocenters. The monoisotopic (exact) mass is 378 g/mol. The highest BCUT2D eigenvalue weighted by Gasteiger charge is 2.16. The third kappa shape index (κ3) is 6.46. The Kier molecular flexibility index (Phi) is 7.12. The van der Waals surface area contributed by atoms with Crippen LogP contribution in [0.3, 0.4) is 0 Å². The van der Waals surface area contributed by atoms with Gasteiger partial charge in [-0.05, 0) is 48.9 Å². The fourth-order valence-electron chi connectivity index (χ4n) is 2.48. The molecule has 5 nitrogen and oxygen atoms in total. The fraction of sp³-hybridized carbons (Fsp3) is 0.263. The topological polar surface area (TPSA) is 62.6 Å². The van der Waals surface area contributed by atoms with Crippen molar-refractivity contribution in [3.05, 3.63) is 64.9 Å². The summed E-state index contributed by atoms with van der Waals surface area (Å²) in [6.45, 7) is 2.13. The van der Waals surface area contributed by atoms with E-state index in [1.165, 1.54) is 12.1 Å². The summed E-state index contributed by atoms with van der Waals surface area (Å²) in [6.07, 6.45) is 0. The molecule has 0 bridgehead atoms. The molecule has 2 amide bonds. The number of carbonyl (C=O) groups excluding carboxylic acids is 2. The summed E-state index contributed by atoms with van der Waals surface area (Å²) >= 11 is 5.80. The number of hydrogen-bond acceptors (Lipinski definition) is 2. The van der Waals surface area contributed by atoms with Crippen LogP contribution in [0.5, 0.6) is 0 Å². The van der Waals surface area contributed by atoms with Gasteiger partial charge in [-0.25, -0.2) is 4.39 Å². The van der Waals surface area contributed by atoms with Crippen LogP contribution in [0.15, 0.2) is 48.5 Å². The van der Waals surface area contributed by atoms with E-state index >= 15 is 0 Å². The van der Waals surface area contributed by atoms with E-state index in [1.54, 1.807) is 43.4 Å². The molecule has 138 valence electrons. The summed E-state index contributed by atoms with van der Waals surface area (Å²) < 4.78 is 12.9. The van der Waals surface area contributed by atoms with Crippen LogP contribution in [-0.4, -0.2) is 32.0 Å². The molecule has 3 N–H and O–H groups in total. The molecule has 0 radical (unpaired) electrons. The molecule has 2 rings (SSSR count). The zero-order valence-corrected chi connectivity index (χ0v) is 15.4. The van der Waals surface area contributed by atoms with Gasteiger partial charge in [-0.1, -0.05) is 23.7 Å². The highest BCUT2D eigenvalue weighted by molar-refractivity contribution is 6.30. The van der Waals surface area contributed by atoms with Gasteiger partial charge in [0.05, 0.1) is 13.1 Å². The molecular weight excluding hydrogens is 357 g/mol. The van der Waals surface area contributed by atoms with E-state index in [2.05, 4.69) is 10.6 Å². The number of carbonyl (C=O) groups is 2. The molecular formula is C19H22ClFN3O2+. The standard InChI is InChI=1S/C19H21ClFN3O2/c1-13(14-3-7-16(21)8-4-14)22-18(25)11-24(2)12-19(26)23-17-9-5-15(20)6-10-17/h3-10,13H,11-12H2,1-2H3,(H,22,25)(H,23,26)/p+1/t13-/m0/s1. The Bertz CT molecular complexity index is 750. The molecule has 1 unspecified atom stereocenters. The zero-order valence-electron chi connectivity index (χ0n) is 14.7. The molecule has 2 aromatic carbocycles. The number of halogens is 2. The van der Waals surface area contributed by atoms with Gasteiger partial charge in [0.2, 0.25) is 0 Å². The summed E-state index contributed by atoms with van der Waals surface area (Å²) in [5.41, 5.74) is 1.47. The lowest BCUT2D eigenvalue weighted by Gasteiger charge is -2.17. The first kappa shape index (κ1) is 19.9. The van der Waals surface area contributed by atoms with Gasteiger partial charge in [0.15, 0.2) is 13.1 Å². The SMILES string of the molecule is C[C@H](NC(=O)C[NH+](C)CC(=O)Nc1ccc(Cl)cc1)c1ccc(F)cc1. The molecule has 0 saturated carbocycles. The van der Waals surface area contributed by atoms with E-state index in [0.717, 1.165) is 10.5 Å². The Morgan fingerprint density at radius 1 is 1.04 bits per heavy atom. The summed E-state index contributed by atoms with van der Waals surface area (Å²) in [4.78, 5) is 24.9. The smallest absolute Gasteiger partial charge is 0.279 e. The Hall–Kier alpha value is -2.44. The molecule has 0 aliphatic heterocycles. The number of hydrogen-bond donors (Lipinski definition) is 3. The number of anilines is 1. The Labute approximate surface area is 157 Å². The van der Waals surface area contributed by atoms with Gasteiger partial charge in [-0.15, -0.1) is 0 Å². The molecule has 26 heavy (non-hydrogen) atoms. The molecule has 0 spiro atoms. The third-order valence-corrected chi connectivity index (χ3v) is 4.05. The van der Waals surface area contributed by atoms with Gasteiger partial charge in [0, 0.05) is 10.7 Å². The Morgan fingerprint density at radius 2 is 1.62 bits per heavy atom. The van der Waals surface area contributed by atoms with Crippen LogP contribution < -0.4 is 15.5 Å². The van der Waals surface area contributed by atoms with Crippen LogP contribution in [0.4, 0.5) is 10.1 Å². The predicted octanol–water partition coefficient (Wildman–Crippen LogP) is 1.81. The largest absolute Gasteiger partial charge is 0.345 e. The number of likely N-dealkylation sites (N-methyl/N-ethyl adjacent to an activating group) is 1. The summed E-state index contributed by atoms with van der Waals surface area (Å²) in [7, 11) is 1.77. The van der Waals surface area contributed by atoms with E-state index in [0.29, 0.717) is 10.7 Å². The molecule has 0 heterocycles. The maximum atomic E-state index is 12.9. The minimum absolute atomic E-state index is 0.152. The second-order valence-corrected chi connectivity index (χ2v) is 6.64. The van der Waals surface area contributed by atoms with E-state index in [9.17, 15) is 14.0 Å². The lowest BCUT2D eigenvalue weighted by atomic mass is 10.1. The van der Waals surface area contributed by atoms with Gasteiger partial charge < -0.3 is 15.5 Å². The highest BCUT2D eigenvalue weighted by Crippen LogP contribution is 2.13. The number of nitrogens with one attached hydrogen (secondary N) is 3. The van der Waals surface area contributed by atoms with Crippen LogP contribution >= 0.6 is 11.6 Å².